The van der Waals surface area contributed by atoms with Crippen molar-refractivity contribution in [3.05, 3.63) is 63.8 Å². The third-order valence-corrected chi connectivity index (χ3v) is 5.44. The van der Waals surface area contributed by atoms with Gasteiger partial charge < -0.3 is 15.4 Å². The molecule has 0 unspecified atom stereocenters. The van der Waals surface area contributed by atoms with Crippen molar-refractivity contribution in [3.63, 3.8) is 0 Å². The Balaban J connectivity index is 1.89. The molecule has 0 spiro atoms. The number of fused-ring (bicyclic) bond motifs is 3. The zero-order valence-corrected chi connectivity index (χ0v) is 15.5. The first-order valence-corrected chi connectivity index (χ1v) is 9.50. The average molecular weight is 364 g/mol. The van der Waals surface area contributed by atoms with Gasteiger partial charge in [0, 0.05) is 34.4 Å². The maximum absolute atomic E-state index is 12.2. The molecule has 0 saturated heterocycles. The molecule has 0 aliphatic carbocycles. The van der Waals surface area contributed by atoms with Crippen LogP contribution in [0.25, 0.3) is 32.1 Å². The van der Waals surface area contributed by atoms with Gasteiger partial charge in [0.25, 0.3) is 5.56 Å². The summed E-state index contributed by atoms with van der Waals surface area (Å²) < 4.78 is 0.683. The van der Waals surface area contributed by atoms with Crippen LogP contribution in [0.3, 0.4) is 0 Å². The summed E-state index contributed by atoms with van der Waals surface area (Å²) in [6, 6.07) is 14.0. The lowest BCUT2D eigenvalue weighted by atomic mass is 9.96. The van der Waals surface area contributed by atoms with Gasteiger partial charge in [0.05, 0.1) is 0 Å². The number of benzene rings is 2. The fourth-order valence-corrected chi connectivity index (χ4v) is 4.04. The summed E-state index contributed by atoms with van der Waals surface area (Å²) in [6.45, 7) is 5.05. The number of phenolic OH excluding ortho intramolecular Hbond substituents is 1. The number of phenols is 1. The van der Waals surface area contributed by atoms with Crippen LogP contribution in [0.5, 0.6) is 5.75 Å². The number of aromatic nitrogens is 1. The summed E-state index contributed by atoms with van der Waals surface area (Å²) in [4.78, 5) is 15.2. The lowest BCUT2D eigenvalue weighted by Crippen LogP contribution is -2.21. The van der Waals surface area contributed by atoms with Crippen LogP contribution in [0.4, 0.5) is 0 Å². The molecule has 0 amide bonds. The van der Waals surface area contributed by atoms with Crippen molar-refractivity contribution < 1.29 is 5.11 Å². The fourth-order valence-electron chi connectivity index (χ4n) is 3.24. The Hall–Kier alpha value is -2.63. The molecule has 3 N–H and O–H groups in total. The molecular weight excluding hydrogens is 344 g/mol. The molecule has 4 rings (SSSR count). The summed E-state index contributed by atoms with van der Waals surface area (Å²) in [6.07, 6.45) is 0. The third kappa shape index (κ3) is 2.89. The van der Waals surface area contributed by atoms with Crippen LogP contribution in [0.15, 0.2) is 52.6 Å². The van der Waals surface area contributed by atoms with E-state index in [1.807, 2.05) is 23.6 Å². The van der Waals surface area contributed by atoms with Crippen LogP contribution in [-0.2, 0) is 6.54 Å². The highest BCUT2D eigenvalue weighted by Crippen LogP contribution is 2.39. The molecule has 0 bridgehead atoms. The van der Waals surface area contributed by atoms with Gasteiger partial charge in [-0.15, -0.1) is 11.3 Å². The van der Waals surface area contributed by atoms with E-state index in [9.17, 15) is 9.90 Å². The van der Waals surface area contributed by atoms with Crippen LogP contribution in [0.2, 0.25) is 0 Å². The second-order valence-electron chi connectivity index (χ2n) is 6.73. The van der Waals surface area contributed by atoms with E-state index < -0.39 is 0 Å². The van der Waals surface area contributed by atoms with E-state index in [1.54, 1.807) is 12.1 Å². The monoisotopic (exact) mass is 364 g/mol. The molecule has 4 aromatic rings. The Labute approximate surface area is 155 Å². The van der Waals surface area contributed by atoms with Crippen molar-refractivity contribution in [1.82, 2.24) is 10.3 Å². The normalized spacial score (nSPS) is 11.7. The molecule has 2 heterocycles. The summed E-state index contributed by atoms with van der Waals surface area (Å²) >= 11 is 1.42. The van der Waals surface area contributed by atoms with Crippen molar-refractivity contribution in [2.75, 3.05) is 0 Å². The maximum atomic E-state index is 12.2. The van der Waals surface area contributed by atoms with Gasteiger partial charge in [-0.25, -0.2) is 0 Å². The lowest BCUT2D eigenvalue weighted by Gasteiger charge is -2.12. The SMILES string of the molecule is CC(C)NCc1ccc(-c2c(O)ccc3[nH]c(=O)c4sccc4c23)cc1. The smallest absolute Gasteiger partial charge is 0.266 e. The van der Waals surface area contributed by atoms with E-state index in [-0.39, 0.29) is 11.3 Å². The van der Waals surface area contributed by atoms with Crippen molar-refractivity contribution in [2.45, 2.75) is 26.4 Å². The Bertz CT molecular complexity index is 1140. The fraction of sp³-hybridized carbons (Fsp3) is 0.190. The first kappa shape index (κ1) is 16.8. The van der Waals surface area contributed by atoms with E-state index in [1.165, 1.54) is 16.9 Å². The standard InChI is InChI=1S/C21H20N2O2S/c1-12(2)22-11-13-3-5-14(6-4-13)18-17(24)8-7-16-19(18)15-9-10-26-20(15)21(25)23-16/h3-10,12,22,24H,11H2,1-2H3,(H,23,25). The second kappa shape index (κ2) is 6.59. The molecule has 26 heavy (non-hydrogen) atoms. The molecule has 4 nitrogen and oxygen atoms in total. The predicted molar refractivity (Wildman–Crippen MR) is 109 cm³/mol. The summed E-state index contributed by atoms with van der Waals surface area (Å²) in [7, 11) is 0. The van der Waals surface area contributed by atoms with Crippen molar-refractivity contribution in [3.8, 4) is 16.9 Å². The Morgan fingerprint density at radius 1 is 1.12 bits per heavy atom. The molecule has 0 saturated carbocycles. The minimum Gasteiger partial charge on any atom is -0.507 e. The van der Waals surface area contributed by atoms with Gasteiger partial charge in [-0.2, -0.15) is 0 Å². The first-order chi connectivity index (χ1) is 12.5. The molecule has 0 radical (unpaired) electrons. The Kier molecular flexibility index (Phi) is 4.26. The van der Waals surface area contributed by atoms with E-state index in [4.69, 9.17) is 0 Å². The van der Waals surface area contributed by atoms with Gasteiger partial charge in [-0.3, -0.25) is 4.79 Å². The molecule has 0 atom stereocenters. The second-order valence-corrected chi connectivity index (χ2v) is 7.65. The highest BCUT2D eigenvalue weighted by Gasteiger charge is 2.15. The lowest BCUT2D eigenvalue weighted by molar-refractivity contribution is 0.478. The Morgan fingerprint density at radius 2 is 1.88 bits per heavy atom. The summed E-state index contributed by atoms with van der Waals surface area (Å²) in [5, 5.41) is 17.6. The van der Waals surface area contributed by atoms with E-state index >= 15 is 0 Å². The van der Waals surface area contributed by atoms with Gasteiger partial charge in [-0.05, 0) is 34.7 Å². The van der Waals surface area contributed by atoms with Gasteiger partial charge in [0.2, 0.25) is 0 Å². The van der Waals surface area contributed by atoms with Gasteiger partial charge in [-0.1, -0.05) is 38.1 Å². The number of aromatic hydroxyl groups is 1. The molecule has 5 heteroatoms. The van der Waals surface area contributed by atoms with Gasteiger partial charge in [0.15, 0.2) is 0 Å². The molecular formula is C21H20N2O2S. The van der Waals surface area contributed by atoms with Gasteiger partial charge in [0.1, 0.15) is 10.4 Å². The highest BCUT2D eigenvalue weighted by atomic mass is 32.1. The maximum Gasteiger partial charge on any atom is 0.266 e. The summed E-state index contributed by atoms with van der Waals surface area (Å²) in [5.74, 6) is 0.213. The van der Waals surface area contributed by atoms with Crippen molar-refractivity contribution in [1.29, 1.82) is 0 Å². The molecule has 0 aliphatic rings. The minimum absolute atomic E-state index is 0.0887. The van der Waals surface area contributed by atoms with Crippen molar-refractivity contribution in [2.24, 2.45) is 0 Å². The number of hydrogen-bond donors (Lipinski definition) is 3. The number of thiophene rings is 1. The summed E-state index contributed by atoms with van der Waals surface area (Å²) in [5.41, 5.74) is 3.52. The average Bonchev–Trinajstić information content (AvgIpc) is 3.12. The molecule has 0 aliphatic heterocycles. The molecule has 2 aromatic heterocycles. The quantitative estimate of drug-likeness (QED) is 0.495. The van der Waals surface area contributed by atoms with Crippen LogP contribution >= 0.6 is 11.3 Å². The highest BCUT2D eigenvalue weighted by molar-refractivity contribution is 7.17. The Morgan fingerprint density at radius 3 is 2.62 bits per heavy atom. The number of rotatable bonds is 4. The largest absolute Gasteiger partial charge is 0.507 e. The van der Waals surface area contributed by atoms with Crippen LogP contribution in [0, 0.1) is 0 Å². The predicted octanol–water partition coefficient (Wildman–Crippen LogP) is 4.61. The van der Waals surface area contributed by atoms with Crippen molar-refractivity contribution >= 4 is 32.3 Å². The van der Waals surface area contributed by atoms with E-state index in [0.29, 0.717) is 10.7 Å². The van der Waals surface area contributed by atoms with E-state index in [2.05, 4.69) is 36.3 Å². The molecule has 2 aromatic carbocycles. The zero-order chi connectivity index (χ0) is 18.3. The topological polar surface area (TPSA) is 65.1 Å². The number of aromatic amines is 1. The van der Waals surface area contributed by atoms with Crippen LogP contribution in [0.1, 0.15) is 19.4 Å². The van der Waals surface area contributed by atoms with E-state index in [0.717, 1.165) is 34.0 Å². The number of H-pyrrole nitrogens is 1. The molecule has 0 fully saturated rings. The first-order valence-electron chi connectivity index (χ1n) is 8.62. The number of nitrogens with one attached hydrogen (secondary N) is 2. The number of pyridine rings is 1. The molecule has 132 valence electrons. The zero-order valence-electron chi connectivity index (χ0n) is 14.7. The van der Waals surface area contributed by atoms with Gasteiger partial charge >= 0.3 is 0 Å². The number of hydrogen-bond acceptors (Lipinski definition) is 4. The minimum atomic E-state index is -0.0887. The van der Waals surface area contributed by atoms with Crippen LogP contribution < -0.4 is 10.9 Å². The van der Waals surface area contributed by atoms with Crippen LogP contribution in [-0.4, -0.2) is 16.1 Å². The third-order valence-electron chi connectivity index (χ3n) is 4.53.